The summed E-state index contributed by atoms with van der Waals surface area (Å²) in [6, 6.07) is 4.69. The number of alkyl halides is 3. The molecule has 1 rings (SSSR count). The molecule has 0 unspecified atom stereocenters. The number of hydrogen-bond donors (Lipinski definition) is 1. The second-order valence-electron chi connectivity index (χ2n) is 3.28. The van der Waals surface area contributed by atoms with Gasteiger partial charge in [0.25, 0.3) is 0 Å². The zero-order chi connectivity index (χ0) is 14.5. The number of esters is 1. The van der Waals surface area contributed by atoms with Crippen LogP contribution in [0.1, 0.15) is 12.5 Å². The minimum absolute atomic E-state index is 0.0870. The first kappa shape index (κ1) is 15.3. The molecule has 0 saturated heterocycles. The van der Waals surface area contributed by atoms with Crippen molar-refractivity contribution < 1.29 is 22.7 Å². The average Bonchev–Trinajstić information content (AvgIpc) is 2.35. The summed E-state index contributed by atoms with van der Waals surface area (Å²) in [5.74, 6) is -0.916. The number of carbonyl (C=O) groups is 1. The molecule has 0 spiro atoms. The molecular weight excluding hydrogens is 285 g/mol. The van der Waals surface area contributed by atoms with E-state index in [9.17, 15) is 18.0 Å². The van der Waals surface area contributed by atoms with Gasteiger partial charge in [-0.05, 0) is 19.1 Å². The third-order valence-corrected chi connectivity index (χ3v) is 2.19. The van der Waals surface area contributed by atoms with Crippen molar-refractivity contribution in [1.29, 1.82) is 0 Å². The second kappa shape index (κ2) is 6.42. The number of para-hydroxylation sites is 1. The number of nitrogens with one attached hydrogen (secondary N) is 1. The predicted molar refractivity (Wildman–Crippen MR) is 65.0 cm³/mol. The number of ether oxygens (including phenoxy) is 1. The van der Waals surface area contributed by atoms with Crippen LogP contribution in [0, 0.1) is 0 Å². The van der Waals surface area contributed by atoms with E-state index < -0.39 is 22.9 Å². The van der Waals surface area contributed by atoms with Crippen molar-refractivity contribution in [3.63, 3.8) is 0 Å². The van der Waals surface area contributed by atoms with Crippen LogP contribution in [0.2, 0.25) is 0 Å². The van der Waals surface area contributed by atoms with Crippen molar-refractivity contribution in [3.05, 3.63) is 29.8 Å². The fourth-order valence-corrected chi connectivity index (χ4v) is 1.27. The summed E-state index contributed by atoms with van der Waals surface area (Å²) in [5.41, 5.74) is 0.876. The van der Waals surface area contributed by atoms with Crippen molar-refractivity contribution >= 4 is 28.4 Å². The molecule has 0 aliphatic carbocycles. The Kier molecular flexibility index (Phi) is 5.17. The molecule has 1 N–H and O–H groups in total. The van der Waals surface area contributed by atoms with Crippen molar-refractivity contribution in [2.75, 3.05) is 12.0 Å². The Labute approximate surface area is 112 Å². The Morgan fingerprint density at radius 2 is 2.05 bits per heavy atom. The maximum Gasteiger partial charge on any atom is 0.418 e. The first-order chi connectivity index (χ1) is 8.86. The first-order valence-corrected chi connectivity index (χ1v) is 5.56. The lowest BCUT2D eigenvalue weighted by Crippen LogP contribution is -2.14. The summed E-state index contributed by atoms with van der Waals surface area (Å²) in [7, 11) is 0. The standard InChI is InChI=1S/C11H10ClF3N2O2/c1-2-19-10(18)9(12)17-16-8-6-4-3-5-7(8)11(13,14)15/h3-6,16H,2H2,1H3/b17-9-. The van der Waals surface area contributed by atoms with Gasteiger partial charge in [-0.25, -0.2) is 4.79 Å². The highest BCUT2D eigenvalue weighted by Gasteiger charge is 2.33. The Morgan fingerprint density at radius 1 is 1.42 bits per heavy atom. The molecular formula is C11H10ClF3N2O2. The smallest absolute Gasteiger partial charge is 0.418 e. The van der Waals surface area contributed by atoms with E-state index in [-0.39, 0.29) is 12.3 Å². The third kappa shape index (κ3) is 4.44. The molecule has 8 heteroatoms. The summed E-state index contributed by atoms with van der Waals surface area (Å²) >= 11 is 5.46. The lowest BCUT2D eigenvalue weighted by atomic mass is 10.2. The van der Waals surface area contributed by atoms with Crippen LogP contribution in [0.4, 0.5) is 18.9 Å². The molecule has 0 aromatic heterocycles. The minimum Gasteiger partial charge on any atom is -0.461 e. The first-order valence-electron chi connectivity index (χ1n) is 5.18. The van der Waals surface area contributed by atoms with Crippen LogP contribution < -0.4 is 5.43 Å². The van der Waals surface area contributed by atoms with Gasteiger partial charge in [-0.15, -0.1) is 0 Å². The van der Waals surface area contributed by atoms with Crippen LogP contribution in [-0.4, -0.2) is 17.7 Å². The highest BCUT2D eigenvalue weighted by atomic mass is 35.5. The van der Waals surface area contributed by atoms with E-state index in [0.29, 0.717) is 0 Å². The Balaban J connectivity index is 2.89. The lowest BCUT2D eigenvalue weighted by Gasteiger charge is -2.11. The number of carbonyl (C=O) groups excluding carboxylic acids is 1. The molecule has 0 aliphatic rings. The van der Waals surface area contributed by atoms with Crippen LogP contribution in [-0.2, 0) is 15.7 Å². The van der Waals surface area contributed by atoms with Gasteiger partial charge >= 0.3 is 12.1 Å². The van der Waals surface area contributed by atoms with Gasteiger partial charge in [0.05, 0.1) is 17.9 Å². The van der Waals surface area contributed by atoms with E-state index in [4.69, 9.17) is 11.6 Å². The molecule has 0 radical (unpaired) electrons. The molecule has 0 amide bonds. The summed E-state index contributed by atoms with van der Waals surface area (Å²) in [5, 5.41) is 2.76. The van der Waals surface area contributed by atoms with Crippen LogP contribution in [0.25, 0.3) is 0 Å². The number of halogens is 4. The zero-order valence-electron chi connectivity index (χ0n) is 9.79. The molecule has 1 aromatic carbocycles. The summed E-state index contributed by atoms with van der Waals surface area (Å²) < 4.78 is 42.4. The number of nitrogens with zero attached hydrogens (tertiary/aromatic N) is 1. The van der Waals surface area contributed by atoms with Crippen LogP contribution in [0.3, 0.4) is 0 Å². The average molecular weight is 295 g/mol. The van der Waals surface area contributed by atoms with Gasteiger partial charge in [-0.2, -0.15) is 18.3 Å². The highest BCUT2D eigenvalue weighted by Crippen LogP contribution is 2.34. The summed E-state index contributed by atoms with van der Waals surface area (Å²) in [6.07, 6.45) is -4.53. The van der Waals surface area contributed by atoms with Gasteiger partial charge < -0.3 is 4.74 Å². The van der Waals surface area contributed by atoms with Gasteiger partial charge in [0.2, 0.25) is 5.17 Å². The van der Waals surface area contributed by atoms with E-state index in [1.54, 1.807) is 6.92 Å². The maximum atomic E-state index is 12.6. The third-order valence-electron chi connectivity index (χ3n) is 1.95. The van der Waals surface area contributed by atoms with Crippen LogP contribution in [0.15, 0.2) is 29.4 Å². The van der Waals surface area contributed by atoms with E-state index in [1.165, 1.54) is 18.2 Å². The maximum absolute atomic E-state index is 12.6. The highest BCUT2D eigenvalue weighted by molar-refractivity contribution is 6.82. The molecule has 104 valence electrons. The number of hydrogen-bond acceptors (Lipinski definition) is 4. The summed E-state index contributed by atoms with van der Waals surface area (Å²) in [4.78, 5) is 11.1. The van der Waals surface area contributed by atoms with Gasteiger partial charge in [-0.3, -0.25) is 5.43 Å². The Bertz CT molecular complexity index is 489. The molecule has 1 aromatic rings. The van der Waals surface area contributed by atoms with E-state index in [1.807, 2.05) is 0 Å². The molecule has 0 atom stereocenters. The summed E-state index contributed by atoms with van der Waals surface area (Å²) in [6.45, 7) is 1.65. The normalized spacial score (nSPS) is 12.2. The molecule has 0 fully saturated rings. The fourth-order valence-electron chi connectivity index (χ4n) is 1.17. The second-order valence-corrected chi connectivity index (χ2v) is 3.64. The van der Waals surface area contributed by atoms with Crippen LogP contribution in [0.5, 0.6) is 0 Å². The topological polar surface area (TPSA) is 50.7 Å². The minimum atomic E-state index is -4.53. The largest absolute Gasteiger partial charge is 0.461 e. The van der Waals surface area contributed by atoms with E-state index >= 15 is 0 Å². The molecule has 0 aliphatic heterocycles. The van der Waals surface area contributed by atoms with Gasteiger partial charge in [0, 0.05) is 0 Å². The monoisotopic (exact) mass is 294 g/mol. The molecule has 0 bridgehead atoms. The Morgan fingerprint density at radius 3 is 2.63 bits per heavy atom. The van der Waals surface area contributed by atoms with E-state index in [2.05, 4.69) is 15.3 Å². The quantitative estimate of drug-likeness (QED) is 0.527. The Hall–Kier alpha value is -1.76. The fraction of sp³-hybridized carbons (Fsp3) is 0.273. The molecule has 4 nitrogen and oxygen atoms in total. The predicted octanol–water partition coefficient (Wildman–Crippen LogP) is 3.23. The van der Waals surface area contributed by atoms with Crippen LogP contribution >= 0.6 is 11.6 Å². The SMILES string of the molecule is CCOC(=O)/C(Cl)=N/Nc1ccccc1C(F)(F)F. The van der Waals surface area contributed by atoms with Gasteiger partial charge in [0.1, 0.15) is 0 Å². The van der Waals surface area contributed by atoms with Crippen molar-refractivity contribution in [2.24, 2.45) is 5.10 Å². The van der Waals surface area contributed by atoms with Gasteiger partial charge in [-0.1, -0.05) is 23.7 Å². The van der Waals surface area contributed by atoms with Crippen molar-refractivity contribution in [2.45, 2.75) is 13.1 Å². The van der Waals surface area contributed by atoms with Crippen molar-refractivity contribution in [3.8, 4) is 0 Å². The number of benzene rings is 1. The van der Waals surface area contributed by atoms with Gasteiger partial charge in [0.15, 0.2) is 0 Å². The van der Waals surface area contributed by atoms with Crippen molar-refractivity contribution in [1.82, 2.24) is 0 Å². The number of hydrazone groups is 1. The lowest BCUT2D eigenvalue weighted by molar-refractivity contribution is -0.137. The van der Waals surface area contributed by atoms with E-state index in [0.717, 1.165) is 6.07 Å². The zero-order valence-corrected chi connectivity index (χ0v) is 10.5. The molecule has 0 saturated carbocycles. The molecule has 19 heavy (non-hydrogen) atoms. The molecule has 0 heterocycles. The number of anilines is 1. The number of rotatable bonds is 4.